The molecule has 1 atom stereocenters. The molecule has 0 aliphatic heterocycles. The zero-order valence-corrected chi connectivity index (χ0v) is 13.6. The molecule has 132 valence electrons. The lowest BCUT2D eigenvalue weighted by Gasteiger charge is -2.16. The van der Waals surface area contributed by atoms with Crippen LogP contribution in [0.1, 0.15) is 11.1 Å². The Kier molecular flexibility index (Phi) is 6.05. The lowest BCUT2D eigenvalue weighted by atomic mass is 10.0. The number of carbonyl (C=O) groups excluding carboxylic acids is 2. The number of carbonyl (C=O) groups is 2. The van der Waals surface area contributed by atoms with Crippen molar-refractivity contribution in [3.05, 3.63) is 65.2 Å². The largest absolute Gasteiger partial charge is 0.497 e. The molecule has 25 heavy (non-hydrogen) atoms. The second kappa shape index (κ2) is 8.23. The fourth-order valence-electron chi connectivity index (χ4n) is 2.40. The molecular weight excluding hydrogens is 330 g/mol. The Morgan fingerprint density at radius 1 is 1.12 bits per heavy atom. The number of hydrogen-bond donors (Lipinski definition) is 2. The summed E-state index contributed by atoms with van der Waals surface area (Å²) in [6.07, 6.45) is -0.0909. The Labute approximate surface area is 143 Å². The molecule has 0 bridgehead atoms. The van der Waals surface area contributed by atoms with E-state index in [1.165, 1.54) is 7.11 Å². The van der Waals surface area contributed by atoms with Gasteiger partial charge in [-0.05, 0) is 35.4 Å². The predicted molar refractivity (Wildman–Crippen MR) is 87.9 cm³/mol. The monoisotopic (exact) mass is 348 g/mol. The summed E-state index contributed by atoms with van der Waals surface area (Å²) in [4.78, 5) is 23.7. The second-order valence-corrected chi connectivity index (χ2v) is 5.53. The zero-order valence-electron chi connectivity index (χ0n) is 13.6. The van der Waals surface area contributed by atoms with Crippen LogP contribution in [0.4, 0.5) is 8.78 Å². The van der Waals surface area contributed by atoms with Gasteiger partial charge in [-0.2, -0.15) is 0 Å². The SMILES string of the molecule is COc1cccc(C[C@@H](NC(=O)Cc2cc(F)cc(F)c2)C(N)=O)c1. The normalized spacial score (nSPS) is 11.6. The van der Waals surface area contributed by atoms with Gasteiger partial charge in [0.25, 0.3) is 0 Å². The number of nitrogens with two attached hydrogens (primary N) is 1. The Bertz CT molecular complexity index is 760. The molecule has 0 saturated carbocycles. The maximum atomic E-state index is 13.2. The van der Waals surface area contributed by atoms with Crippen LogP contribution >= 0.6 is 0 Å². The summed E-state index contributed by atoms with van der Waals surface area (Å²) in [5, 5.41) is 2.49. The maximum Gasteiger partial charge on any atom is 0.240 e. The van der Waals surface area contributed by atoms with E-state index in [0.717, 1.165) is 23.8 Å². The van der Waals surface area contributed by atoms with E-state index in [2.05, 4.69) is 5.32 Å². The van der Waals surface area contributed by atoms with Crippen molar-refractivity contribution >= 4 is 11.8 Å². The lowest BCUT2D eigenvalue weighted by Crippen LogP contribution is -2.46. The smallest absolute Gasteiger partial charge is 0.240 e. The fourth-order valence-corrected chi connectivity index (χ4v) is 2.40. The highest BCUT2D eigenvalue weighted by Gasteiger charge is 2.19. The topological polar surface area (TPSA) is 81.4 Å². The average molecular weight is 348 g/mol. The standard InChI is InChI=1S/C18H18F2N2O3/c1-25-15-4-2-3-11(7-15)8-16(18(21)24)22-17(23)9-12-5-13(19)10-14(20)6-12/h2-7,10,16H,8-9H2,1H3,(H2,21,24)(H,22,23)/t16-/m1/s1. The van der Waals surface area contributed by atoms with Gasteiger partial charge in [0.1, 0.15) is 23.4 Å². The van der Waals surface area contributed by atoms with Crippen LogP contribution in [0.5, 0.6) is 5.75 Å². The molecular formula is C18H18F2N2O3. The summed E-state index contributed by atoms with van der Waals surface area (Å²) < 4.78 is 31.4. The van der Waals surface area contributed by atoms with Crippen LogP contribution in [-0.2, 0) is 22.4 Å². The molecule has 2 aromatic carbocycles. The van der Waals surface area contributed by atoms with Crippen molar-refractivity contribution in [2.75, 3.05) is 7.11 Å². The van der Waals surface area contributed by atoms with E-state index >= 15 is 0 Å². The van der Waals surface area contributed by atoms with E-state index in [-0.39, 0.29) is 18.4 Å². The molecule has 7 heteroatoms. The number of amides is 2. The molecule has 0 aliphatic rings. The molecule has 5 nitrogen and oxygen atoms in total. The van der Waals surface area contributed by atoms with Gasteiger partial charge in [-0.3, -0.25) is 9.59 Å². The minimum atomic E-state index is -0.946. The summed E-state index contributed by atoms with van der Waals surface area (Å²) >= 11 is 0. The number of ether oxygens (including phenoxy) is 1. The molecule has 0 radical (unpaired) electrons. The van der Waals surface area contributed by atoms with Crippen molar-refractivity contribution in [3.8, 4) is 5.75 Å². The van der Waals surface area contributed by atoms with E-state index in [4.69, 9.17) is 10.5 Å². The quantitative estimate of drug-likeness (QED) is 0.800. The predicted octanol–water partition coefficient (Wildman–Crippen LogP) is 1.73. The van der Waals surface area contributed by atoms with Crippen molar-refractivity contribution in [3.63, 3.8) is 0 Å². The molecule has 0 fully saturated rings. The van der Waals surface area contributed by atoms with Crippen LogP contribution < -0.4 is 15.8 Å². The van der Waals surface area contributed by atoms with Gasteiger partial charge in [-0.25, -0.2) is 8.78 Å². The van der Waals surface area contributed by atoms with E-state index in [9.17, 15) is 18.4 Å². The van der Waals surface area contributed by atoms with Gasteiger partial charge in [-0.1, -0.05) is 12.1 Å². The minimum absolute atomic E-state index is 0.166. The first-order chi connectivity index (χ1) is 11.9. The van der Waals surface area contributed by atoms with E-state index in [1.807, 2.05) is 0 Å². The van der Waals surface area contributed by atoms with Crippen molar-refractivity contribution in [2.24, 2.45) is 5.73 Å². The molecule has 2 rings (SSSR count). The van der Waals surface area contributed by atoms with Crippen LogP contribution in [0.15, 0.2) is 42.5 Å². The summed E-state index contributed by atoms with van der Waals surface area (Å²) in [5.74, 6) is -2.20. The number of rotatable bonds is 7. The van der Waals surface area contributed by atoms with Crippen LogP contribution in [0, 0.1) is 11.6 Å². The number of benzene rings is 2. The maximum absolute atomic E-state index is 13.2. The molecule has 3 N–H and O–H groups in total. The van der Waals surface area contributed by atoms with E-state index < -0.39 is 29.5 Å². The molecule has 2 aromatic rings. The third kappa shape index (κ3) is 5.56. The van der Waals surface area contributed by atoms with Gasteiger partial charge in [0.15, 0.2) is 0 Å². The molecule has 0 unspecified atom stereocenters. The molecule has 0 aromatic heterocycles. The first kappa shape index (κ1) is 18.4. The number of hydrogen-bond acceptors (Lipinski definition) is 3. The van der Waals surface area contributed by atoms with E-state index in [1.54, 1.807) is 24.3 Å². The summed E-state index contributed by atoms with van der Waals surface area (Å²) in [6, 6.07) is 8.89. The van der Waals surface area contributed by atoms with Gasteiger partial charge in [0.2, 0.25) is 11.8 Å². The summed E-state index contributed by atoms with van der Waals surface area (Å²) in [5.41, 5.74) is 6.26. The van der Waals surface area contributed by atoms with Gasteiger partial charge >= 0.3 is 0 Å². The van der Waals surface area contributed by atoms with Crippen molar-refractivity contribution in [2.45, 2.75) is 18.9 Å². The molecule has 0 aliphatic carbocycles. The van der Waals surface area contributed by atoms with Crippen LogP contribution in [0.25, 0.3) is 0 Å². The molecule has 0 spiro atoms. The van der Waals surface area contributed by atoms with Crippen molar-refractivity contribution < 1.29 is 23.1 Å². The highest BCUT2D eigenvalue weighted by atomic mass is 19.1. The van der Waals surface area contributed by atoms with Gasteiger partial charge in [-0.15, -0.1) is 0 Å². The molecule has 2 amide bonds. The summed E-state index contributed by atoms with van der Waals surface area (Å²) in [7, 11) is 1.52. The first-order valence-corrected chi connectivity index (χ1v) is 7.54. The van der Waals surface area contributed by atoms with Crippen molar-refractivity contribution in [1.29, 1.82) is 0 Å². The Hall–Kier alpha value is -2.96. The Morgan fingerprint density at radius 2 is 1.80 bits per heavy atom. The number of methoxy groups -OCH3 is 1. The number of halogens is 2. The third-order valence-electron chi connectivity index (χ3n) is 3.54. The third-order valence-corrected chi connectivity index (χ3v) is 3.54. The van der Waals surface area contributed by atoms with Crippen LogP contribution in [-0.4, -0.2) is 25.0 Å². The Balaban J connectivity index is 2.05. The van der Waals surface area contributed by atoms with E-state index in [0.29, 0.717) is 5.75 Å². The average Bonchev–Trinajstić information content (AvgIpc) is 2.53. The van der Waals surface area contributed by atoms with Gasteiger partial charge in [0, 0.05) is 12.5 Å². The number of primary amides is 1. The Morgan fingerprint density at radius 3 is 2.40 bits per heavy atom. The number of nitrogens with one attached hydrogen (secondary N) is 1. The molecule has 0 saturated heterocycles. The molecule has 0 heterocycles. The van der Waals surface area contributed by atoms with Gasteiger partial charge in [0.05, 0.1) is 13.5 Å². The highest BCUT2D eigenvalue weighted by molar-refractivity contribution is 5.87. The highest BCUT2D eigenvalue weighted by Crippen LogP contribution is 2.14. The minimum Gasteiger partial charge on any atom is -0.497 e. The van der Waals surface area contributed by atoms with Crippen LogP contribution in [0.3, 0.4) is 0 Å². The second-order valence-electron chi connectivity index (χ2n) is 5.53. The zero-order chi connectivity index (χ0) is 18.4. The summed E-state index contributed by atoms with van der Waals surface area (Å²) in [6.45, 7) is 0. The lowest BCUT2D eigenvalue weighted by molar-refractivity contribution is -0.127. The van der Waals surface area contributed by atoms with Crippen molar-refractivity contribution in [1.82, 2.24) is 5.32 Å². The van der Waals surface area contributed by atoms with Gasteiger partial charge < -0.3 is 15.8 Å². The first-order valence-electron chi connectivity index (χ1n) is 7.54. The fraction of sp³-hybridized carbons (Fsp3) is 0.222. The van der Waals surface area contributed by atoms with Crippen LogP contribution in [0.2, 0.25) is 0 Å².